The summed E-state index contributed by atoms with van der Waals surface area (Å²) in [6.07, 6.45) is 1.71. The van der Waals surface area contributed by atoms with Crippen molar-refractivity contribution in [1.29, 1.82) is 0 Å². The van der Waals surface area contributed by atoms with Gasteiger partial charge in [-0.1, -0.05) is 12.1 Å². The van der Waals surface area contributed by atoms with Crippen molar-refractivity contribution in [2.75, 3.05) is 5.73 Å². The summed E-state index contributed by atoms with van der Waals surface area (Å²) >= 11 is 0. The van der Waals surface area contributed by atoms with Gasteiger partial charge in [-0.3, -0.25) is 0 Å². The van der Waals surface area contributed by atoms with Crippen LogP contribution in [0.2, 0.25) is 0 Å². The fourth-order valence-electron chi connectivity index (χ4n) is 1.94. The van der Waals surface area contributed by atoms with Crippen LogP contribution in [-0.2, 0) is 0 Å². The van der Waals surface area contributed by atoms with Crippen molar-refractivity contribution in [3.63, 3.8) is 0 Å². The first-order valence-electron chi connectivity index (χ1n) is 5.52. The van der Waals surface area contributed by atoms with Gasteiger partial charge >= 0.3 is 0 Å². The van der Waals surface area contributed by atoms with Gasteiger partial charge in [0.15, 0.2) is 5.65 Å². The summed E-state index contributed by atoms with van der Waals surface area (Å²) < 4.78 is 14.9. The van der Waals surface area contributed by atoms with Crippen molar-refractivity contribution in [3.8, 4) is 11.3 Å². The number of hydrogen-bond donors (Lipinski definition) is 1. The molecule has 0 bridgehead atoms. The molecule has 90 valence electrons. The van der Waals surface area contributed by atoms with Crippen LogP contribution in [0, 0.1) is 12.7 Å². The third-order valence-corrected chi connectivity index (χ3v) is 2.79. The quantitative estimate of drug-likeness (QED) is 0.713. The topological polar surface area (TPSA) is 56.2 Å². The molecule has 0 unspecified atom stereocenters. The molecule has 2 heterocycles. The highest BCUT2D eigenvalue weighted by molar-refractivity contribution is 5.67. The second-order valence-electron chi connectivity index (χ2n) is 4.14. The van der Waals surface area contributed by atoms with Crippen LogP contribution in [0.1, 0.15) is 5.56 Å². The van der Waals surface area contributed by atoms with Gasteiger partial charge in [-0.05, 0) is 19.1 Å². The minimum Gasteiger partial charge on any atom is -0.384 e. The maximum Gasteiger partial charge on any atom is 0.160 e. The number of rotatable bonds is 1. The molecule has 1 aromatic carbocycles. The SMILES string of the molecule is Cc1cnn2c(-c3cccc(F)c3)cc(N)nc12. The fraction of sp³-hybridized carbons (Fsp3) is 0.0769. The van der Waals surface area contributed by atoms with Crippen LogP contribution in [-0.4, -0.2) is 14.6 Å². The second kappa shape index (κ2) is 3.80. The molecule has 0 saturated carbocycles. The summed E-state index contributed by atoms with van der Waals surface area (Å²) in [5.74, 6) is 0.102. The first kappa shape index (κ1) is 10.7. The number of nitrogens with two attached hydrogens (primary N) is 1. The Morgan fingerprint density at radius 3 is 2.89 bits per heavy atom. The third-order valence-electron chi connectivity index (χ3n) is 2.79. The number of aryl methyl sites for hydroxylation is 1. The summed E-state index contributed by atoms with van der Waals surface area (Å²) in [5, 5.41) is 4.24. The minimum atomic E-state index is -0.292. The predicted octanol–water partition coefficient (Wildman–Crippen LogP) is 2.43. The molecule has 0 atom stereocenters. The molecule has 0 aliphatic carbocycles. The third kappa shape index (κ3) is 1.60. The van der Waals surface area contributed by atoms with Crippen molar-refractivity contribution in [1.82, 2.24) is 14.6 Å². The number of anilines is 1. The lowest BCUT2D eigenvalue weighted by atomic mass is 10.1. The van der Waals surface area contributed by atoms with Crippen molar-refractivity contribution in [3.05, 3.63) is 47.9 Å². The molecule has 0 fully saturated rings. The molecule has 0 aliphatic rings. The second-order valence-corrected chi connectivity index (χ2v) is 4.14. The molecule has 0 spiro atoms. The van der Waals surface area contributed by atoms with E-state index in [1.165, 1.54) is 12.1 Å². The van der Waals surface area contributed by atoms with E-state index in [4.69, 9.17) is 5.73 Å². The van der Waals surface area contributed by atoms with E-state index in [1.54, 1.807) is 22.8 Å². The number of aromatic nitrogens is 3. The molecule has 4 nitrogen and oxygen atoms in total. The van der Waals surface area contributed by atoms with E-state index in [9.17, 15) is 4.39 Å². The Morgan fingerprint density at radius 1 is 1.28 bits per heavy atom. The van der Waals surface area contributed by atoms with Crippen molar-refractivity contribution < 1.29 is 4.39 Å². The lowest BCUT2D eigenvalue weighted by molar-refractivity contribution is 0.628. The maximum absolute atomic E-state index is 13.3. The minimum absolute atomic E-state index is 0.292. The van der Waals surface area contributed by atoms with Crippen molar-refractivity contribution >= 4 is 11.5 Å². The van der Waals surface area contributed by atoms with Crippen LogP contribution in [0.15, 0.2) is 36.5 Å². The van der Waals surface area contributed by atoms with E-state index < -0.39 is 0 Å². The Kier molecular flexibility index (Phi) is 2.26. The molecule has 0 radical (unpaired) electrons. The van der Waals surface area contributed by atoms with Gasteiger partial charge in [0, 0.05) is 17.2 Å². The molecule has 18 heavy (non-hydrogen) atoms. The smallest absolute Gasteiger partial charge is 0.160 e. The molecule has 0 amide bonds. The van der Waals surface area contributed by atoms with Gasteiger partial charge in [-0.15, -0.1) is 0 Å². The molecule has 3 rings (SSSR count). The van der Waals surface area contributed by atoms with Gasteiger partial charge in [0.05, 0.1) is 11.9 Å². The lowest BCUT2D eigenvalue weighted by Gasteiger charge is -2.06. The number of nitrogens with zero attached hydrogens (tertiary/aromatic N) is 3. The molecular weight excluding hydrogens is 231 g/mol. The zero-order valence-electron chi connectivity index (χ0n) is 9.76. The molecule has 2 N–H and O–H groups in total. The van der Waals surface area contributed by atoms with Crippen LogP contribution in [0.25, 0.3) is 16.9 Å². The molecule has 0 saturated heterocycles. The normalized spacial score (nSPS) is 11.0. The first-order valence-corrected chi connectivity index (χ1v) is 5.52. The molecule has 0 aliphatic heterocycles. The van der Waals surface area contributed by atoms with E-state index in [1.807, 2.05) is 13.0 Å². The first-order chi connectivity index (χ1) is 8.65. The van der Waals surface area contributed by atoms with E-state index in [2.05, 4.69) is 10.1 Å². The Labute approximate surface area is 103 Å². The Bertz CT molecular complexity index is 733. The van der Waals surface area contributed by atoms with Crippen molar-refractivity contribution in [2.45, 2.75) is 6.92 Å². The van der Waals surface area contributed by atoms with Crippen LogP contribution in [0.4, 0.5) is 10.2 Å². The number of fused-ring (bicyclic) bond motifs is 1. The van der Waals surface area contributed by atoms with Gasteiger partial charge in [0.25, 0.3) is 0 Å². The molecule has 3 aromatic rings. The molecule has 5 heteroatoms. The highest BCUT2D eigenvalue weighted by atomic mass is 19.1. The van der Waals surface area contributed by atoms with E-state index >= 15 is 0 Å². The van der Waals surface area contributed by atoms with E-state index in [0.717, 1.165) is 16.8 Å². The van der Waals surface area contributed by atoms with Crippen LogP contribution >= 0.6 is 0 Å². The zero-order chi connectivity index (χ0) is 12.7. The summed E-state index contributed by atoms with van der Waals surface area (Å²) in [6.45, 7) is 1.91. The van der Waals surface area contributed by atoms with Crippen molar-refractivity contribution in [2.24, 2.45) is 0 Å². The molecular formula is C13H11FN4. The van der Waals surface area contributed by atoms with Gasteiger partial charge in [-0.2, -0.15) is 5.10 Å². The van der Waals surface area contributed by atoms with Gasteiger partial charge in [0.1, 0.15) is 11.6 Å². The predicted molar refractivity (Wildman–Crippen MR) is 67.5 cm³/mol. The molecule has 2 aromatic heterocycles. The maximum atomic E-state index is 13.3. The standard InChI is InChI=1S/C13H11FN4/c1-8-7-16-18-11(6-12(15)17-13(8)18)9-3-2-4-10(14)5-9/h2-7H,1H3,(H2,15,17). The Hall–Kier alpha value is -2.43. The van der Waals surface area contributed by atoms with Gasteiger partial charge in [0.2, 0.25) is 0 Å². The summed E-state index contributed by atoms with van der Waals surface area (Å²) in [4.78, 5) is 4.23. The Balaban J connectivity index is 2.35. The number of hydrogen-bond acceptors (Lipinski definition) is 3. The summed E-state index contributed by atoms with van der Waals surface area (Å²) in [6, 6.07) is 8.01. The zero-order valence-corrected chi connectivity index (χ0v) is 9.76. The lowest BCUT2D eigenvalue weighted by Crippen LogP contribution is -2.00. The van der Waals surface area contributed by atoms with E-state index in [0.29, 0.717) is 11.5 Å². The van der Waals surface area contributed by atoms with Gasteiger partial charge < -0.3 is 5.73 Å². The van der Waals surface area contributed by atoms with Crippen LogP contribution < -0.4 is 5.73 Å². The number of benzene rings is 1. The number of nitrogen functional groups attached to an aromatic ring is 1. The fourth-order valence-corrected chi connectivity index (χ4v) is 1.94. The largest absolute Gasteiger partial charge is 0.384 e. The van der Waals surface area contributed by atoms with Crippen LogP contribution in [0.3, 0.4) is 0 Å². The highest BCUT2D eigenvalue weighted by Gasteiger charge is 2.10. The number of halogens is 1. The summed E-state index contributed by atoms with van der Waals surface area (Å²) in [5.41, 5.74) is 8.85. The van der Waals surface area contributed by atoms with Crippen LogP contribution in [0.5, 0.6) is 0 Å². The summed E-state index contributed by atoms with van der Waals surface area (Å²) in [7, 11) is 0. The van der Waals surface area contributed by atoms with Gasteiger partial charge in [-0.25, -0.2) is 13.9 Å². The highest BCUT2D eigenvalue weighted by Crippen LogP contribution is 2.23. The van der Waals surface area contributed by atoms with E-state index in [-0.39, 0.29) is 5.82 Å². The monoisotopic (exact) mass is 242 g/mol. The Morgan fingerprint density at radius 2 is 2.11 bits per heavy atom. The average molecular weight is 242 g/mol. The average Bonchev–Trinajstić information content (AvgIpc) is 2.70.